The van der Waals surface area contributed by atoms with Crippen LogP contribution in [-0.2, 0) is 9.53 Å². The minimum absolute atomic E-state index is 0.224. The summed E-state index contributed by atoms with van der Waals surface area (Å²) in [5, 5.41) is 8.86. The van der Waals surface area contributed by atoms with Gasteiger partial charge >= 0.3 is 5.97 Å². The Balaban J connectivity index is 2.31. The number of carboxylic acids is 1. The van der Waals surface area contributed by atoms with Crippen molar-refractivity contribution in [3.8, 4) is 0 Å². The molecule has 0 aliphatic carbocycles. The minimum atomic E-state index is -0.676. The van der Waals surface area contributed by atoms with Gasteiger partial charge in [-0.2, -0.15) is 0 Å². The lowest BCUT2D eigenvalue weighted by atomic mass is 9.84. The van der Waals surface area contributed by atoms with Crippen molar-refractivity contribution in [1.82, 2.24) is 0 Å². The number of hydrogen-bond acceptors (Lipinski definition) is 2. The maximum absolute atomic E-state index is 10.8. The first-order valence-corrected chi connectivity index (χ1v) is 5.41. The molecule has 0 aromatic rings. The second-order valence-corrected chi connectivity index (χ2v) is 4.40. The maximum atomic E-state index is 10.8. The summed E-state index contributed by atoms with van der Waals surface area (Å²) in [5.41, 5.74) is 0. The van der Waals surface area contributed by atoms with Crippen LogP contribution in [0.15, 0.2) is 0 Å². The number of carbonyl (C=O) groups is 1. The molecule has 0 spiro atoms. The van der Waals surface area contributed by atoms with Gasteiger partial charge in [0.15, 0.2) is 0 Å². The van der Waals surface area contributed by atoms with Crippen LogP contribution in [0, 0.1) is 17.8 Å². The molecule has 1 N–H and O–H groups in total. The van der Waals surface area contributed by atoms with Gasteiger partial charge in [-0.1, -0.05) is 13.8 Å². The molecule has 1 saturated heterocycles. The number of ether oxygens (including phenoxy) is 1. The van der Waals surface area contributed by atoms with E-state index in [1.54, 1.807) is 6.92 Å². The van der Waals surface area contributed by atoms with Crippen LogP contribution in [0.2, 0.25) is 0 Å². The molecule has 3 nitrogen and oxygen atoms in total. The molecule has 1 aliphatic rings. The van der Waals surface area contributed by atoms with E-state index in [-0.39, 0.29) is 11.8 Å². The molecule has 1 fully saturated rings. The fraction of sp³-hybridized carbons (Fsp3) is 0.909. The zero-order chi connectivity index (χ0) is 10.6. The molecule has 0 aromatic heterocycles. The Hall–Kier alpha value is -0.570. The fourth-order valence-corrected chi connectivity index (χ4v) is 1.96. The lowest BCUT2D eigenvalue weighted by Gasteiger charge is -2.26. The van der Waals surface area contributed by atoms with Crippen molar-refractivity contribution in [3.63, 3.8) is 0 Å². The average Bonchev–Trinajstić information content (AvgIpc) is 2.18. The third-order valence-electron chi connectivity index (χ3n) is 3.29. The predicted octanol–water partition coefficient (Wildman–Crippen LogP) is 2.16. The van der Waals surface area contributed by atoms with Gasteiger partial charge < -0.3 is 9.84 Å². The highest BCUT2D eigenvalue weighted by atomic mass is 16.5. The summed E-state index contributed by atoms with van der Waals surface area (Å²) in [6.07, 6.45) is 3.21. The first kappa shape index (κ1) is 11.5. The molecule has 0 amide bonds. The molecular formula is C11H20O3. The highest BCUT2D eigenvalue weighted by molar-refractivity contribution is 5.69. The van der Waals surface area contributed by atoms with Crippen LogP contribution in [0.1, 0.15) is 33.1 Å². The van der Waals surface area contributed by atoms with E-state index in [0.717, 1.165) is 32.5 Å². The van der Waals surface area contributed by atoms with Crippen LogP contribution >= 0.6 is 0 Å². The number of hydrogen-bond donors (Lipinski definition) is 1. The van der Waals surface area contributed by atoms with Crippen LogP contribution in [0.3, 0.4) is 0 Å². The molecule has 1 aliphatic heterocycles. The van der Waals surface area contributed by atoms with E-state index >= 15 is 0 Å². The predicted molar refractivity (Wildman–Crippen MR) is 54.1 cm³/mol. The maximum Gasteiger partial charge on any atom is 0.306 e. The van der Waals surface area contributed by atoms with E-state index in [1.165, 1.54) is 0 Å². The molecule has 0 bridgehead atoms. The summed E-state index contributed by atoms with van der Waals surface area (Å²) >= 11 is 0. The SMILES string of the molecule is CC(CC1CCOCC1)C(C)C(=O)O. The zero-order valence-corrected chi connectivity index (χ0v) is 9.03. The van der Waals surface area contributed by atoms with Gasteiger partial charge in [-0.25, -0.2) is 0 Å². The van der Waals surface area contributed by atoms with Gasteiger partial charge in [0.25, 0.3) is 0 Å². The topological polar surface area (TPSA) is 46.5 Å². The Labute approximate surface area is 85.5 Å². The van der Waals surface area contributed by atoms with Gasteiger partial charge in [0.1, 0.15) is 0 Å². The third kappa shape index (κ3) is 3.29. The van der Waals surface area contributed by atoms with Crippen molar-refractivity contribution in [1.29, 1.82) is 0 Å². The highest BCUT2D eigenvalue weighted by Gasteiger charge is 2.23. The summed E-state index contributed by atoms with van der Waals surface area (Å²) in [5.74, 6) is 0.0403. The van der Waals surface area contributed by atoms with E-state index in [9.17, 15) is 4.79 Å². The molecular weight excluding hydrogens is 180 g/mol. The standard InChI is InChI=1S/C11H20O3/c1-8(9(2)11(12)13)7-10-3-5-14-6-4-10/h8-10H,3-7H2,1-2H3,(H,12,13). The molecule has 2 atom stereocenters. The number of aliphatic carboxylic acids is 1. The smallest absolute Gasteiger partial charge is 0.306 e. The van der Waals surface area contributed by atoms with Gasteiger partial charge in [-0.05, 0) is 31.1 Å². The summed E-state index contributed by atoms with van der Waals surface area (Å²) < 4.78 is 5.27. The molecule has 14 heavy (non-hydrogen) atoms. The molecule has 82 valence electrons. The Morgan fingerprint density at radius 1 is 1.43 bits per heavy atom. The first-order chi connectivity index (χ1) is 6.61. The molecule has 0 aromatic carbocycles. The largest absolute Gasteiger partial charge is 0.481 e. The minimum Gasteiger partial charge on any atom is -0.481 e. The van der Waals surface area contributed by atoms with E-state index < -0.39 is 5.97 Å². The summed E-state index contributed by atoms with van der Waals surface area (Å²) in [6.45, 7) is 5.53. The van der Waals surface area contributed by atoms with E-state index in [0.29, 0.717) is 5.92 Å². The lowest BCUT2D eigenvalue weighted by molar-refractivity contribution is -0.143. The van der Waals surface area contributed by atoms with Crippen molar-refractivity contribution in [2.75, 3.05) is 13.2 Å². The Morgan fingerprint density at radius 3 is 2.50 bits per heavy atom. The number of rotatable bonds is 4. The molecule has 2 unspecified atom stereocenters. The van der Waals surface area contributed by atoms with Gasteiger partial charge in [0, 0.05) is 13.2 Å². The average molecular weight is 200 g/mol. The first-order valence-electron chi connectivity index (χ1n) is 5.41. The van der Waals surface area contributed by atoms with Crippen molar-refractivity contribution >= 4 is 5.97 Å². The van der Waals surface area contributed by atoms with Crippen LogP contribution in [-0.4, -0.2) is 24.3 Å². The Morgan fingerprint density at radius 2 is 2.00 bits per heavy atom. The quantitative estimate of drug-likeness (QED) is 0.756. The van der Waals surface area contributed by atoms with Crippen molar-refractivity contribution in [3.05, 3.63) is 0 Å². The van der Waals surface area contributed by atoms with E-state index in [2.05, 4.69) is 0 Å². The molecule has 1 rings (SSSR count). The fourth-order valence-electron chi connectivity index (χ4n) is 1.96. The zero-order valence-electron chi connectivity index (χ0n) is 9.03. The normalized spacial score (nSPS) is 23.0. The van der Waals surface area contributed by atoms with Gasteiger partial charge in [-0.15, -0.1) is 0 Å². The van der Waals surface area contributed by atoms with Crippen LogP contribution in [0.5, 0.6) is 0 Å². The highest BCUT2D eigenvalue weighted by Crippen LogP contribution is 2.26. The van der Waals surface area contributed by atoms with Crippen LogP contribution in [0.4, 0.5) is 0 Å². The van der Waals surface area contributed by atoms with Crippen LogP contribution < -0.4 is 0 Å². The molecule has 0 radical (unpaired) electrons. The lowest BCUT2D eigenvalue weighted by Crippen LogP contribution is -2.23. The summed E-state index contributed by atoms with van der Waals surface area (Å²) in [4.78, 5) is 10.8. The second-order valence-electron chi connectivity index (χ2n) is 4.40. The van der Waals surface area contributed by atoms with Crippen molar-refractivity contribution in [2.45, 2.75) is 33.1 Å². The molecule has 0 saturated carbocycles. The van der Waals surface area contributed by atoms with Crippen molar-refractivity contribution in [2.24, 2.45) is 17.8 Å². The van der Waals surface area contributed by atoms with Crippen molar-refractivity contribution < 1.29 is 14.6 Å². The van der Waals surface area contributed by atoms with E-state index in [1.807, 2.05) is 6.92 Å². The number of carboxylic acid groups (broad SMARTS) is 1. The molecule has 3 heteroatoms. The Kier molecular flexibility index (Phi) is 4.39. The Bertz CT molecular complexity index is 185. The van der Waals surface area contributed by atoms with Gasteiger partial charge in [-0.3, -0.25) is 4.79 Å². The summed E-state index contributed by atoms with van der Waals surface area (Å²) in [6, 6.07) is 0. The second kappa shape index (κ2) is 5.35. The summed E-state index contributed by atoms with van der Waals surface area (Å²) in [7, 11) is 0. The van der Waals surface area contributed by atoms with Gasteiger partial charge in [0.05, 0.1) is 5.92 Å². The van der Waals surface area contributed by atoms with Crippen LogP contribution in [0.25, 0.3) is 0 Å². The third-order valence-corrected chi connectivity index (χ3v) is 3.29. The molecule has 1 heterocycles. The van der Waals surface area contributed by atoms with Gasteiger partial charge in [0.2, 0.25) is 0 Å². The monoisotopic (exact) mass is 200 g/mol. The van der Waals surface area contributed by atoms with E-state index in [4.69, 9.17) is 9.84 Å².